The van der Waals surface area contributed by atoms with Crippen LogP contribution in [0.5, 0.6) is 0 Å². The Labute approximate surface area is 144 Å². The fourth-order valence-corrected chi connectivity index (χ4v) is 3.68. The fourth-order valence-electron chi connectivity index (χ4n) is 2.77. The van der Waals surface area contributed by atoms with Crippen molar-refractivity contribution in [3.05, 3.63) is 50.0 Å². The molecule has 5 nitrogen and oxygen atoms in total. The summed E-state index contributed by atoms with van der Waals surface area (Å²) in [6, 6.07) is 4.50. The molecule has 2 aromatic rings. The molecule has 1 aliphatic rings. The molecule has 23 heavy (non-hydrogen) atoms. The predicted octanol–water partition coefficient (Wildman–Crippen LogP) is 2.88. The highest BCUT2D eigenvalue weighted by Gasteiger charge is 2.33. The minimum atomic E-state index is -0.654. The van der Waals surface area contributed by atoms with Crippen molar-refractivity contribution in [2.75, 3.05) is 11.6 Å². The lowest BCUT2D eigenvalue weighted by molar-refractivity contribution is -0.116. The summed E-state index contributed by atoms with van der Waals surface area (Å²) in [5.41, 5.74) is 0.194. The maximum atomic E-state index is 14.3. The summed E-state index contributed by atoms with van der Waals surface area (Å²) in [5, 5.41) is 3.20. The molecule has 1 aromatic heterocycles. The van der Waals surface area contributed by atoms with E-state index in [1.807, 2.05) is 0 Å². The Kier molecular flexibility index (Phi) is 4.29. The Hall–Kier alpha value is -1.67. The summed E-state index contributed by atoms with van der Waals surface area (Å²) in [6.07, 6.45) is 1.81. The highest BCUT2D eigenvalue weighted by Crippen LogP contribution is 2.37. The first-order valence-corrected chi connectivity index (χ1v) is 8.84. The maximum Gasteiger partial charge on any atom is 0.279 e. The first-order chi connectivity index (χ1) is 10.9. The van der Waals surface area contributed by atoms with Crippen molar-refractivity contribution in [2.24, 2.45) is 7.05 Å². The molecule has 3 rings (SSSR count). The van der Waals surface area contributed by atoms with E-state index >= 15 is 0 Å². The highest BCUT2D eigenvalue weighted by molar-refractivity contribution is 9.10. The molecule has 0 fully saturated rings. The minimum Gasteiger partial charge on any atom is -0.312 e. The van der Waals surface area contributed by atoms with Crippen molar-refractivity contribution in [2.45, 2.75) is 17.5 Å². The molecular formula is C15H13BrFN3O2S. The topological polar surface area (TPSA) is 64.0 Å². The Balaban J connectivity index is 2.28. The molecule has 0 unspecified atom stereocenters. The van der Waals surface area contributed by atoms with E-state index < -0.39 is 17.3 Å². The number of amides is 1. The van der Waals surface area contributed by atoms with Gasteiger partial charge in [-0.15, -0.1) is 0 Å². The molecule has 8 heteroatoms. The van der Waals surface area contributed by atoms with E-state index in [9.17, 15) is 14.0 Å². The molecule has 2 heterocycles. The minimum absolute atomic E-state index is 0.00983. The van der Waals surface area contributed by atoms with Gasteiger partial charge in [0.05, 0.1) is 5.56 Å². The average Bonchev–Trinajstić information content (AvgIpc) is 2.52. The van der Waals surface area contributed by atoms with Crippen LogP contribution in [0, 0.1) is 5.82 Å². The van der Waals surface area contributed by atoms with Gasteiger partial charge < -0.3 is 9.88 Å². The predicted molar refractivity (Wildman–Crippen MR) is 90.4 cm³/mol. The molecular weight excluding hydrogens is 385 g/mol. The summed E-state index contributed by atoms with van der Waals surface area (Å²) < 4.78 is 16.6. The van der Waals surface area contributed by atoms with E-state index in [0.717, 1.165) is 0 Å². The zero-order chi connectivity index (χ0) is 16.7. The highest BCUT2D eigenvalue weighted by atomic mass is 79.9. The summed E-state index contributed by atoms with van der Waals surface area (Å²) >= 11 is 4.61. The number of hydrogen-bond acceptors (Lipinski definition) is 4. The van der Waals surface area contributed by atoms with Crippen LogP contribution in [0.4, 0.5) is 10.2 Å². The SMILES string of the molecule is CSc1nc(=O)c2c(n1C)NC(=O)C[C@@H]2c1cc(Br)ccc1F. The van der Waals surface area contributed by atoms with Crippen molar-refractivity contribution in [1.82, 2.24) is 9.55 Å². The number of nitrogens with zero attached hydrogens (tertiary/aromatic N) is 2. The van der Waals surface area contributed by atoms with E-state index in [1.54, 1.807) is 30.0 Å². The standard InChI is InChI=1S/C15H13BrFN3O2S/c1-20-13-12(14(22)19-15(20)23-2)9(6-11(21)18-13)8-5-7(16)3-4-10(8)17/h3-5,9H,6H2,1-2H3,(H,18,21)/t9-/m1/s1. The van der Waals surface area contributed by atoms with Gasteiger partial charge in [-0.2, -0.15) is 4.98 Å². The van der Waals surface area contributed by atoms with Gasteiger partial charge in [-0.05, 0) is 30.0 Å². The van der Waals surface area contributed by atoms with Gasteiger partial charge in [-0.25, -0.2) is 4.39 Å². The van der Waals surface area contributed by atoms with Gasteiger partial charge in [0.1, 0.15) is 11.6 Å². The summed E-state index contributed by atoms with van der Waals surface area (Å²) in [7, 11) is 1.72. The Bertz CT molecular complexity index is 869. The molecule has 1 aromatic carbocycles. The smallest absolute Gasteiger partial charge is 0.279 e. The van der Waals surface area contributed by atoms with Crippen LogP contribution in [-0.2, 0) is 11.8 Å². The van der Waals surface area contributed by atoms with Crippen LogP contribution < -0.4 is 10.9 Å². The number of fused-ring (bicyclic) bond motifs is 1. The molecule has 0 aliphatic carbocycles. The van der Waals surface area contributed by atoms with Crippen molar-refractivity contribution in [1.29, 1.82) is 0 Å². The van der Waals surface area contributed by atoms with Crippen molar-refractivity contribution in [3.8, 4) is 0 Å². The number of carbonyl (C=O) groups is 1. The van der Waals surface area contributed by atoms with Crippen LogP contribution in [0.3, 0.4) is 0 Å². The third-order valence-corrected chi connectivity index (χ3v) is 5.04. The molecule has 1 aliphatic heterocycles. The first kappa shape index (κ1) is 16.2. The number of thioether (sulfide) groups is 1. The Morgan fingerprint density at radius 3 is 2.87 bits per heavy atom. The van der Waals surface area contributed by atoms with Crippen LogP contribution in [0.2, 0.25) is 0 Å². The molecule has 120 valence electrons. The monoisotopic (exact) mass is 397 g/mol. The van der Waals surface area contributed by atoms with Gasteiger partial charge in [-0.1, -0.05) is 27.7 Å². The van der Waals surface area contributed by atoms with Crippen molar-refractivity contribution < 1.29 is 9.18 Å². The molecule has 0 bridgehead atoms. The quantitative estimate of drug-likeness (QED) is 0.624. The number of halogens is 2. The van der Waals surface area contributed by atoms with Crippen molar-refractivity contribution in [3.63, 3.8) is 0 Å². The number of aromatic nitrogens is 2. The third kappa shape index (κ3) is 2.81. The Morgan fingerprint density at radius 2 is 2.17 bits per heavy atom. The van der Waals surface area contributed by atoms with Crippen LogP contribution in [0.15, 0.2) is 32.6 Å². The van der Waals surface area contributed by atoms with Gasteiger partial charge in [0.15, 0.2) is 5.16 Å². The second-order valence-electron chi connectivity index (χ2n) is 5.20. The zero-order valence-electron chi connectivity index (χ0n) is 12.4. The molecule has 1 amide bonds. The zero-order valence-corrected chi connectivity index (χ0v) is 14.8. The lowest BCUT2D eigenvalue weighted by Gasteiger charge is -2.27. The van der Waals surface area contributed by atoms with Gasteiger partial charge in [-0.3, -0.25) is 9.59 Å². The molecule has 0 radical (unpaired) electrons. The van der Waals surface area contributed by atoms with E-state index in [4.69, 9.17) is 0 Å². The summed E-state index contributed by atoms with van der Waals surface area (Å²) in [4.78, 5) is 28.6. The lowest BCUT2D eigenvalue weighted by Crippen LogP contribution is -2.33. The summed E-state index contributed by atoms with van der Waals surface area (Å²) in [5.74, 6) is -0.974. The van der Waals surface area contributed by atoms with Gasteiger partial charge in [0.25, 0.3) is 5.56 Å². The Morgan fingerprint density at radius 1 is 1.43 bits per heavy atom. The van der Waals surface area contributed by atoms with Gasteiger partial charge >= 0.3 is 0 Å². The van der Waals surface area contributed by atoms with Crippen LogP contribution in [0.1, 0.15) is 23.5 Å². The largest absolute Gasteiger partial charge is 0.312 e. The van der Waals surface area contributed by atoms with Gasteiger partial charge in [0, 0.05) is 23.9 Å². The molecule has 0 spiro atoms. The number of nitrogens with one attached hydrogen (secondary N) is 1. The van der Waals surface area contributed by atoms with E-state index in [-0.39, 0.29) is 12.3 Å². The van der Waals surface area contributed by atoms with E-state index in [0.29, 0.717) is 26.6 Å². The molecule has 0 saturated carbocycles. The number of benzene rings is 1. The van der Waals surface area contributed by atoms with Crippen LogP contribution >= 0.6 is 27.7 Å². The fraction of sp³-hybridized carbons (Fsp3) is 0.267. The normalized spacial score (nSPS) is 16.9. The summed E-state index contributed by atoms with van der Waals surface area (Å²) in [6.45, 7) is 0. The molecule has 1 N–H and O–H groups in total. The first-order valence-electron chi connectivity index (χ1n) is 6.82. The number of carbonyl (C=O) groups excluding carboxylic acids is 1. The van der Waals surface area contributed by atoms with E-state index in [1.165, 1.54) is 17.8 Å². The van der Waals surface area contributed by atoms with Gasteiger partial charge in [0.2, 0.25) is 5.91 Å². The second kappa shape index (κ2) is 6.09. The number of hydrogen-bond donors (Lipinski definition) is 1. The van der Waals surface area contributed by atoms with Crippen molar-refractivity contribution >= 4 is 39.4 Å². The van der Waals surface area contributed by atoms with Crippen LogP contribution in [0.25, 0.3) is 0 Å². The lowest BCUT2D eigenvalue weighted by atomic mass is 9.86. The number of anilines is 1. The molecule has 1 atom stereocenters. The average molecular weight is 398 g/mol. The van der Waals surface area contributed by atoms with E-state index in [2.05, 4.69) is 26.2 Å². The third-order valence-electron chi connectivity index (χ3n) is 3.82. The number of rotatable bonds is 2. The van der Waals surface area contributed by atoms with Crippen LogP contribution in [-0.4, -0.2) is 21.7 Å². The maximum absolute atomic E-state index is 14.3. The molecule has 0 saturated heterocycles. The second-order valence-corrected chi connectivity index (χ2v) is 6.88.